The lowest BCUT2D eigenvalue weighted by Gasteiger charge is -2.53. The van der Waals surface area contributed by atoms with Crippen LogP contribution in [0.2, 0.25) is 0 Å². The Labute approximate surface area is 111 Å². The van der Waals surface area contributed by atoms with E-state index in [4.69, 9.17) is 0 Å². The Bertz CT molecular complexity index is 259. The Morgan fingerprint density at radius 1 is 0.889 bits per heavy atom. The van der Waals surface area contributed by atoms with Gasteiger partial charge in [-0.15, -0.1) is 0 Å². The molecule has 2 aliphatic heterocycles. The van der Waals surface area contributed by atoms with Gasteiger partial charge in [0.15, 0.2) is 0 Å². The van der Waals surface area contributed by atoms with Gasteiger partial charge in [0.05, 0.1) is 6.10 Å². The van der Waals surface area contributed by atoms with E-state index in [9.17, 15) is 5.11 Å². The molecule has 0 aromatic carbocycles. The molecule has 2 saturated heterocycles. The van der Waals surface area contributed by atoms with Crippen molar-refractivity contribution in [2.45, 2.75) is 88.1 Å². The van der Waals surface area contributed by atoms with Gasteiger partial charge in [0.1, 0.15) is 0 Å². The monoisotopic (exact) mass is 252 g/mol. The second-order valence-corrected chi connectivity index (χ2v) is 6.61. The molecule has 0 aromatic heterocycles. The van der Waals surface area contributed by atoms with Crippen LogP contribution in [-0.4, -0.2) is 47.3 Å². The molecule has 3 fully saturated rings. The first-order valence-electron chi connectivity index (χ1n) is 7.90. The van der Waals surface area contributed by atoms with Crippen LogP contribution >= 0.6 is 0 Å². The summed E-state index contributed by atoms with van der Waals surface area (Å²) in [5, 5.41) is 13.2. The second kappa shape index (κ2) is 5.48. The number of hydrogen-bond acceptors (Lipinski definition) is 3. The normalized spacial score (nSPS) is 46.0. The first-order chi connectivity index (χ1) is 8.78. The molecule has 1 aliphatic carbocycles. The Hall–Kier alpha value is -0.120. The minimum atomic E-state index is -0.0176. The predicted octanol–water partition coefficient (Wildman–Crippen LogP) is 1.89. The maximum atomic E-state index is 9.68. The SMILES string of the molecule is CNC1CC2CCCC(C1)N2C1CCC(O)CC1. The van der Waals surface area contributed by atoms with Gasteiger partial charge >= 0.3 is 0 Å². The summed E-state index contributed by atoms with van der Waals surface area (Å²) >= 11 is 0. The van der Waals surface area contributed by atoms with Gasteiger partial charge in [0, 0.05) is 24.2 Å². The van der Waals surface area contributed by atoms with Gasteiger partial charge in [0.25, 0.3) is 0 Å². The summed E-state index contributed by atoms with van der Waals surface area (Å²) in [4.78, 5) is 2.86. The van der Waals surface area contributed by atoms with Gasteiger partial charge < -0.3 is 10.4 Å². The van der Waals surface area contributed by atoms with Crippen molar-refractivity contribution in [3.8, 4) is 0 Å². The molecule has 0 radical (unpaired) electrons. The van der Waals surface area contributed by atoms with Crippen LogP contribution in [0.25, 0.3) is 0 Å². The Kier molecular flexibility index (Phi) is 3.92. The van der Waals surface area contributed by atoms with Crippen molar-refractivity contribution in [2.75, 3.05) is 7.05 Å². The first-order valence-corrected chi connectivity index (χ1v) is 7.90. The molecule has 2 atom stereocenters. The molecule has 0 spiro atoms. The van der Waals surface area contributed by atoms with Gasteiger partial charge in [-0.05, 0) is 58.4 Å². The van der Waals surface area contributed by atoms with Gasteiger partial charge in [-0.3, -0.25) is 4.90 Å². The summed E-state index contributed by atoms with van der Waals surface area (Å²) in [6.45, 7) is 0. The molecule has 18 heavy (non-hydrogen) atoms. The molecule has 104 valence electrons. The highest BCUT2D eigenvalue weighted by molar-refractivity contribution is 4.98. The number of piperidine rings is 2. The molecule has 3 heteroatoms. The van der Waals surface area contributed by atoms with Gasteiger partial charge in [-0.2, -0.15) is 0 Å². The smallest absolute Gasteiger partial charge is 0.0541 e. The van der Waals surface area contributed by atoms with Gasteiger partial charge in [0.2, 0.25) is 0 Å². The zero-order valence-corrected chi connectivity index (χ0v) is 11.6. The lowest BCUT2D eigenvalue weighted by Crippen LogP contribution is -2.59. The number of rotatable bonds is 2. The summed E-state index contributed by atoms with van der Waals surface area (Å²) in [6, 6.07) is 3.14. The van der Waals surface area contributed by atoms with Crippen LogP contribution in [0, 0.1) is 0 Å². The third-order valence-electron chi connectivity index (χ3n) is 5.53. The van der Waals surface area contributed by atoms with Crippen LogP contribution in [0.4, 0.5) is 0 Å². The topological polar surface area (TPSA) is 35.5 Å². The third-order valence-corrected chi connectivity index (χ3v) is 5.53. The van der Waals surface area contributed by atoms with Gasteiger partial charge in [-0.1, -0.05) is 6.42 Å². The van der Waals surface area contributed by atoms with Gasteiger partial charge in [-0.25, -0.2) is 0 Å². The quantitative estimate of drug-likeness (QED) is 0.788. The number of nitrogens with one attached hydrogen (secondary N) is 1. The molecule has 1 saturated carbocycles. The lowest BCUT2D eigenvalue weighted by molar-refractivity contribution is -0.0340. The molecular formula is C15H28N2O. The standard InChI is InChI=1S/C15H28N2O/c1-16-11-9-13-3-2-4-14(10-11)17(13)12-5-7-15(18)8-6-12/h11-16,18H,2-10H2,1H3. The number of aliphatic hydroxyl groups is 1. The first kappa shape index (κ1) is 12.9. The Morgan fingerprint density at radius 2 is 1.50 bits per heavy atom. The van der Waals surface area contributed by atoms with Crippen molar-refractivity contribution < 1.29 is 5.11 Å². The molecule has 2 N–H and O–H groups in total. The van der Waals surface area contributed by atoms with Crippen molar-refractivity contribution in [3.63, 3.8) is 0 Å². The predicted molar refractivity (Wildman–Crippen MR) is 73.6 cm³/mol. The minimum Gasteiger partial charge on any atom is -0.393 e. The largest absolute Gasteiger partial charge is 0.393 e. The van der Waals surface area contributed by atoms with Crippen LogP contribution in [-0.2, 0) is 0 Å². The third kappa shape index (κ3) is 2.45. The van der Waals surface area contributed by atoms with E-state index in [0.717, 1.165) is 37.0 Å². The summed E-state index contributed by atoms with van der Waals surface area (Å²) in [5.74, 6) is 0. The van der Waals surface area contributed by atoms with Crippen molar-refractivity contribution >= 4 is 0 Å². The van der Waals surface area contributed by atoms with E-state index < -0.39 is 0 Å². The minimum absolute atomic E-state index is 0.0176. The number of aliphatic hydroxyl groups excluding tert-OH is 1. The van der Waals surface area contributed by atoms with Crippen LogP contribution in [0.5, 0.6) is 0 Å². The molecule has 0 amide bonds. The molecule has 2 heterocycles. The number of fused-ring (bicyclic) bond motifs is 2. The molecule has 2 bridgehead atoms. The molecule has 3 aliphatic rings. The van der Waals surface area contributed by atoms with E-state index in [1.807, 2.05) is 0 Å². The van der Waals surface area contributed by atoms with E-state index >= 15 is 0 Å². The zero-order chi connectivity index (χ0) is 12.5. The van der Waals surface area contributed by atoms with E-state index in [2.05, 4.69) is 17.3 Å². The van der Waals surface area contributed by atoms with Crippen LogP contribution in [0.15, 0.2) is 0 Å². The fourth-order valence-electron chi connectivity index (χ4n) is 4.61. The van der Waals surface area contributed by atoms with Crippen LogP contribution in [0.1, 0.15) is 57.8 Å². The van der Waals surface area contributed by atoms with E-state index in [0.29, 0.717) is 0 Å². The van der Waals surface area contributed by atoms with Crippen LogP contribution < -0.4 is 5.32 Å². The summed E-state index contributed by atoms with van der Waals surface area (Å²) in [6.07, 6.45) is 11.4. The summed E-state index contributed by atoms with van der Waals surface area (Å²) in [7, 11) is 2.12. The average molecular weight is 252 g/mol. The van der Waals surface area contributed by atoms with Crippen molar-refractivity contribution in [1.29, 1.82) is 0 Å². The highest BCUT2D eigenvalue weighted by atomic mass is 16.3. The second-order valence-electron chi connectivity index (χ2n) is 6.61. The van der Waals surface area contributed by atoms with E-state index in [1.54, 1.807) is 0 Å². The summed E-state index contributed by atoms with van der Waals surface area (Å²) < 4.78 is 0. The maximum Gasteiger partial charge on any atom is 0.0541 e. The van der Waals surface area contributed by atoms with Crippen molar-refractivity contribution in [2.24, 2.45) is 0 Å². The van der Waals surface area contributed by atoms with Crippen LogP contribution in [0.3, 0.4) is 0 Å². The van der Waals surface area contributed by atoms with Crippen molar-refractivity contribution in [1.82, 2.24) is 10.2 Å². The molecular weight excluding hydrogens is 224 g/mol. The highest BCUT2D eigenvalue weighted by Gasteiger charge is 2.41. The number of nitrogens with zero attached hydrogens (tertiary/aromatic N) is 1. The Balaban J connectivity index is 1.68. The Morgan fingerprint density at radius 3 is 2.06 bits per heavy atom. The molecule has 3 rings (SSSR count). The number of hydrogen-bond donors (Lipinski definition) is 2. The van der Waals surface area contributed by atoms with Crippen molar-refractivity contribution in [3.05, 3.63) is 0 Å². The lowest BCUT2D eigenvalue weighted by atomic mass is 9.78. The summed E-state index contributed by atoms with van der Waals surface area (Å²) in [5.41, 5.74) is 0. The maximum absolute atomic E-state index is 9.68. The van der Waals surface area contributed by atoms with E-state index in [-0.39, 0.29) is 6.10 Å². The molecule has 0 aromatic rings. The molecule has 3 nitrogen and oxygen atoms in total. The van der Waals surface area contributed by atoms with E-state index in [1.165, 1.54) is 44.9 Å². The highest BCUT2D eigenvalue weighted by Crippen LogP contribution is 2.38. The molecule has 2 unspecified atom stereocenters. The fourth-order valence-corrected chi connectivity index (χ4v) is 4.61. The average Bonchev–Trinajstić information content (AvgIpc) is 2.38. The fraction of sp³-hybridized carbons (Fsp3) is 1.00. The zero-order valence-electron chi connectivity index (χ0n) is 11.6.